The van der Waals surface area contributed by atoms with Crippen molar-refractivity contribution in [2.45, 2.75) is 57.0 Å². The summed E-state index contributed by atoms with van der Waals surface area (Å²) < 4.78 is 11.8. The summed E-state index contributed by atoms with van der Waals surface area (Å²) in [6.07, 6.45) is 9.43. The monoisotopic (exact) mass is 289 g/mol. The van der Waals surface area contributed by atoms with Gasteiger partial charge in [-0.15, -0.1) is 0 Å². The van der Waals surface area contributed by atoms with E-state index in [1.807, 2.05) is 0 Å². The summed E-state index contributed by atoms with van der Waals surface area (Å²) in [6, 6.07) is 6.53. The van der Waals surface area contributed by atoms with E-state index in [-0.39, 0.29) is 5.60 Å². The Kier molecular flexibility index (Phi) is 4.81. The van der Waals surface area contributed by atoms with Crippen LogP contribution in [0.15, 0.2) is 18.2 Å². The number of fused-ring (bicyclic) bond motifs is 1. The van der Waals surface area contributed by atoms with E-state index in [9.17, 15) is 0 Å². The second kappa shape index (κ2) is 6.80. The van der Waals surface area contributed by atoms with Gasteiger partial charge in [-0.25, -0.2) is 0 Å². The van der Waals surface area contributed by atoms with E-state index in [1.165, 1.54) is 36.8 Å². The summed E-state index contributed by atoms with van der Waals surface area (Å²) in [5.41, 5.74) is 8.65. The minimum absolute atomic E-state index is 0.0592. The average Bonchev–Trinajstić information content (AvgIpc) is 2.85. The number of hydrogen-bond donors (Lipinski definition) is 1. The van der Waals surface area contributed by atoms with Gasteiger partial charge in [0.1, 0.15) is 5.75 Å². The van der Waals surface area contributed by atoms with Crippen LogP contribution in [-0.4, -0.2) is 25.4 Å². The third kappa shape index (κ3) is 3.58. The Bertz CT molecular complexity index is 464. The summed E-state index contributed by atoms with van der Waals surface area (Å²) in [6.45, 7) is 2.26. The summed E-state index contributed by atoms with van der Waals surface area (Å²) in [5.74, 6) is 1.06. The lowest BCUT2D eigenvalue weighted by molar-refractivity contribution is -0.0479. The average molecular weight is 289 g/mol. The first-order valence-corrected chi connectivity index (χ1v) is 8.40. The molecule has 0 radical (unpaired) electrons. The van der Waals surface area contributed by atoms with Crippen molar-refractivity contribution in [2.75, 3.05) is 19.8 Å². The summed E-state index contributed by atoms with van der Waals surface area (Å²) >= 11 is 0. The normalized spacial score (nSPS) is 20.6. The highest BCUT2D eigenvalue weighted by Gasteiger charge is 2.30. The molecule has 1 aliphatic carbocycles. The molecule has 0 amide bonds. The van der Waals surface area contributed by atoms with Gasteiger partial charge in [0.05, 0.1) is 18.8 Å². The highest BCUT2D eigenvalue weighted by atomic mass is 16.5. The Labute approximate surface area is 127 Å². The van der Waals surface area contributed by atoms with E-state index in [2.05, 4.69) is 18.2 Å². The molecule has 3 heteroatoms. The lowest BCUT2D eigenvalue weighted by Gasteiger charge is -2.31. The smallest absolute Gasteiger partial charge is 0.122 e. The zero-order valence-electron chi connectivity index (χ0n) is 12.9. The fourth-order valence-electron chi connectivity index (χ4n) is 3.56. The molecule has 1 aromatic rings. The molecule has 1 aromatic carbocycles. The number of rotatable bonds is 5. The van der Waals surface area contributed by atoms with Crippen LogP contribution < -0.4 is 10.5 Å². The van der Waals surface area contributed by atoms with Crippen LogP contribution in [0.4, 0.5) is 0 Å². The van der Waals surface area contributed by atoms with Gasteiger partial charge < -0.3 is 15.2 Å². The van der Waals surface area contributed by atoms with Crippen LogP contribution in [0.3, 0.4) is 0 Å². The Morgan fingerprint density at radius 1 is 1.14 bits per heavy atom. The molecule has 0 bridgehead atoms. The van der Waals surface area contributed by atoms with E-state index in [0.717, 1.165) is 44.6 Å². The molecule has 0 unspecified atom stereocenters. The van der Waals surface area contributed by atoms with Crippen molar-refractivity contribution in [1.29, 1.82) is 0 Å². The number of ether oxygens (including phenoxy) is 2. The fraction of sp³-hybridized carbons (Fsp3) is 0.667. The molecule has 1 saturated carbocycles. The first-order valence-electron chi connectivity index (χ1n) is 8.40. The molecular weight excluding hydrogens is 262 g/mol. The molecule has 1 heterocycles. The van der Waals surface area contributed by atoms with Gasteiger partial charge in [-0.3, -0.25) is 0 Å². The zero-order chi connectivity index (χ0) is 14.5. The maximum absolute atomic E-state index is 6.27. The van der Waals surface area contributed by atoms with E-state index in [1.54, 1.807) is 0 Å². The zero-order valence-corrected chi connectivity index (χ0v) is 12.9. The molecule has 21 heavy (non-hydrogen) atoms. The van der Waals surface area contributed by atoms with Crippen LogP contribution in [0.2, 0.25) is 0 Å². The van der Waals surface area contributed by atoms with E-state index >= 15 is 0 Å². The molecule has 0 aromatic heterocycles. The van der Waals surface area contributed by atoms with Crippen molar-refractivity contribution < 1.29 is 9.47 Å². The number of benzene rings is 1. The third-order valence-corrected chi connectivity index (χ3v) is 4.94. The molecular formula is C18H27NO2. The van der Waals surface area contributed by atoms with Gasteiger partial charge in [-0.1, -0.05) is 37.8 Å². The molecule has 116 valence electrons. The Balaban J connectivity index is 1.54. The van der Waals surface area contributed by atoms with Crippen LogP contribution in [0, 0.1) is 0 Å². The van der Waals surface area contributed by atoms with Crippen LogP contribution in [-0.2, 0) is 17.6 Å². The number of nitrogens with two attached hydrogens (primary N) is 1. The Morgan fingerprint density at radius 3 is 2.71 bits per heavy atom. The molecule has 0 atom stereocenters. The third-order valence-electron chi connectivity index (χ3n) is 4.94. The molecule has 2 aliphatic rings. The summed E-state index contributed by atoms with van der Waals surface area (Å²) in [7, 11) is 0. The highest BCUT2D eigenvalue weighted by Crippen LogP contribution is 2.30. The van der Waals surface area contributed by atoms with E-state index in [0.29, 0.717) is 6.54 Å². The first-order chi connectivity index (χ1) is 10.3. The first kappa shape index (κ1) is 14.9. The van der Waals surface area contributed by atoms with E-state index in [4.69, 9.17) is 15.2 Å². The van der Waals surface area contributed by atoms with Crippen LogP contribution in [0.5, 0.6) is 5.75 Å². The minimum Gasteiger partial charge on any atom is -0.493 e. The van der Waals surface area contributed by atoms with Crippen molar-refractivity contribution in [3.63, 3.8) is 0 Å². The van der Waals surface area contributed by atoms with Crippen molar-refractivity contribution in [2.24, 2.45) is 5.73 Å². The minimum atomic E-state index is -0.0592. The van der Waals surface area contributed by atoms with Gasteiger partial charge >= 0.3 is 0 Å². The molecule has 0 spiro atoms. The maximum atomic E-state index is 6.27. The second-order valence-electron chi connectivity index (χ2n) is 6.44. The topological polar surface area (TPSA) is 44.5 Å². The number of hydrogen-bond acceptors (Lipinski definition) is 3. The van der Waals surface area contributed by atoms with E-state index < -0.39 is 0 Å². The maximum Gasteiger partial charge on any atom is 0.122 e. The SMILES string of the molecule is NCC1(OCCc2ccc3c(c2)CCO3)CCCCCC1. The summed E-state index contributed by atoms with van der Waals surface area (Å²) in [4.78, 5) is 0. The Hall–Kier alpha value is -1.06. The van der Waals surface area contributed by atoms with Gasteiger partial charge in [-0.05, 0) is 36.5 Å². The van der Waals surface area contributed by atoms with Crippen molar-refractivity contribution in [1.82, 2.24) is 0 Å². The lowest BCUT2D eigenvalue weighted by atomic mass is 9.94. The fourth-order valence-corrected chi connectivity index (χ4v) is 3.56. The van der Waals surface area contributed by atoms with Gasteiger partial charge in [0, 0.05) is 13.0 Å². The second-order valence-corrected chi connectivity index (χ2v) is 6.44. The van der Waals surface area contributed by atoms with Gasteiger partial charge in [0.2, 0.25) is 0 Å². The van der Waals surface area contributed by atoms with Crippen LogP contribution in [0.1, 0.15) is 49.7 Å². The molecule has 3 rings (SSSR count). The molecule has 1 aliphatic heterocycles. The Morgan fingerprint density at radius 2 is 1.95 bits per heavy atom. The van der Waals surface area contributed by atoms with Crippen molar-refractivity contribution in [3.8, 4) is 5.75 Å². The van der Waals surface area contributed by atoms with Gasteiger partial charge in [0.25, 0.3) is 0 Å². The predicted octanol–water partition coefficient (Wildman–Crippen LogP) is 3.23. The molecule has 2 N–H and O–H groups in total. The molecule has 3 nitrogen and oxygen atoms in total. The van der Waals surface area contributed by atoms with Gasteiger partial charge in [-0.2, -0.15) is 0 Å². The van der Waals surface area contributed by atoms with Crippen molar-refractivity contribution >= 4 is 0 Å². The van der Waals surface area contributed by atoms with Crippen LogP contribution >= 0.6 is 0 Å². The molecule has 1 fully saturated rings. The predicted molar refractivity (Wildman–Crippen MR) is 84.8 cm³/mol. The van der Waals surface area contributed by atoms with Crippen LogP contribution in [0.25, 0.3) is 0 Å². The largest absolute Gasteiger partial charge is 0.493 e. The van der Waals surface area contributed by atoms with Crippen molar-refractivity contribution in [3.05, 3.63) is 29.3 Å². The quantitative estimate of drug-likeness (QED) is 0.846. The highest BCUT2D eigenvalue weighted by molar-refractivity contribution is 5.39. The lowest BCUT2D eigenvalue weighted by Crippen LogP contribution is -2.40. The summed E-state index contributed by atoms with van der Waals surface area (Å²) in [5, 5.41) is 0. The molecule has 0 saturated heterocycles. The van der Waals surface area contributed by atoms with Gasteiger partial charge in [0.15, 0.2) is 0 Å². The standard InChI is InChI=1S/C18H27NO2/c19-14-18(9-3-1-2-4-10-18)21-12-7-15-5-6-17-16(13-15)8-11-20-17/h5-6,13H,1-4,7-12,14,19H2.